The number of ether oxygens (including phenoxy) is 2. The summed E-state index contributed by atoms with van der Waals surface area (Å²) in [6.45, 7) is 5.51. The largest absolute Gasteiger partial charge is 0.497 e. The molecule has 0 unspecified atom stereocenters. The molecule has 7 nitrogen and oxygen atoms in total. The number of aromatic nitrogens is 1. The van der Waals surface area contributed by atoms with Crippen LogP contribution in [-0.4, -0.2) is 35.6 Å². The zero-order valence-electron chi connectivity index (χ0n) is 15.9. The highest BCUT2D eigenvalue weighted by molar-refractivity contribution is 6.16. The van der Waals surface area contributed by atoms with Crippen molar-refractivity contribution in [3.63, 3.8) is 0 Å². The fraction of sp³-hybridized carbons (Fsp3) is 0.350. The molecule has 3 rings (SSSR count). The van der Waals surface area contributed by atoms with Crippen molar-refractivity contribution in [1.82, 2.24) is 10.3 Å². The zero-order chi connectivity index (χ0) is 19.6. The van der Waals surface area contributed by atoms with Crippen molar-refractivity contribution in [2.75, 3.05) is 12.0 Å². The first-order valence-electron chi connectivity index (χ1n) is 8.75. The van der Waals surface area contributed by atoms with Gasteiger partial charge in [0.1, 0.15) is 5.75 Å². The molecule has 1 aromatic heterocycles. The van der Waals surface area contributed by atoms with Gasteiger partial charge in [0.05, 0.1) is 7.11 Å². The molecule has 1 aromatic carbocycles. The summed E-state index contributed by atoms with van der Waals surface area (Å²) in [6.07, 6.45) is 1.59. The first-order chi connectivity index (χ1) is 12.9. The number of pyridine rings is 1. The van der Waals surface area contributed by atoms with E-state index in [0.717, 1.165) is 11.3 Å². The summed E-state index contributed by atoms with van der Waals surface area (Å²) in [7, 11) is 1.59. The van der Waals surface area contributed by atoms with E-state index in [-0.39, 0.29) is 12.6 Å². The molecule has 7 heteroatoms. The molecule has 2 amide bonds. The SMILES string of the molecule is COc1ccc(CNC(=O)[C@@]2(C)Oc3cccnc3N(C(C)C)C2=O)cc1. The number of rotatable bonds is 5. The summed E-state index contributed by atoms with van der Waals surface area (Å²) in [5.41, 5.74) is -0.772. The van der Waals surface area contributed by atoms with E-state index < -0.39 is 17.4 Å². The molecule has 0 saturated carbocycles. The lowest BCUT2D eigenvalue weighted by Gasteiger charge is -2.40. The molecule has 1 atom stereocenters. The number of methoxy groups -OCH3 is 1. The van der Waals surface area contributed by atoms with E-state index in [2.05, 4.69) is 10.3 Å². The van der Waals surface area contributed by atoms with E-state index in [0.29, 0.717) is 11.6 Å². The third-order valence-electron chi connectivity index (χ3n) is 4.48. The van der Waals surface area contributed by atoms with Crippen molar-refractivity contribution >= 4 is 17.6 Å². The lowest BCUT2D eigenvalue weighted by molar-refractivity contribution is -0.148. The molecule has 0 aliphatic carbocycles. The summed E-state index contributed by atoms with van der Waals surface area (Å²) in [5.74, 6) is 0.643. The average Bonchev–Trinajstić information content (AvgIpc) is 2.67. The monoisotopic (exact) mass is 369 g/mol. The van der Waals surface area contributed by atoms with Crippen LogP contribution in [0.2, 0.25) is 0 Å². The van der Waals surface area contributed by atoms with Crippen molar-refractivity contribution in [1.29, 1.82) is 0 Å². The van der Waals surface area contributed by atoms with Crippen LogP contribution in [0.1, 0.15) is 26.3 Å². The van der Waals surface area contributed by atoms with E-state index in [1.165, 1.54) is 11.8 Å². The van der Waals surface area contributed by atoms with Gasteiger partial charge >= 0.3 is 0 Å². The Morgan fingerprint density at radius 3 is 2.63 bits per heavy atom. The number of benzene rings is 1. The van der Waals surface area contributed by atoms with Crippen LogP contribution < -0.4 is 19.7 Å². The van der Waals surface area contributed by atoms with Crippen LogP contribution >= 0.6 is 0 Å². The van der Waals surface area contributed by atoms with Gasteiger partial charge in [-0.05, 0) is 50.6 Å². The van der Waals surface area contributed by atoms with Crippen LogP contribution in [0.25, 0.3) is 0 Å². The highest BCUT2D eigenvalue weighted by Gasteiger charge is 2.51. The molecular weight excluding hydrogens is 346 g/mol. The smallest absolute Gasteiger partial charge is 0.282 e. The van der Waals surface area contributed by atoms with Crippen molar-refractivity contribution in [2.45, 2.75) is 39.0 Å². The van der Waals surface area contributed by atoms with Gasteiger partial charge in [-0.15, -0.1) is 0 Å². The van der Waals surface area contributed by atoms with E-state index in [9.17, 15) is 9.59 Å². The topological polar surface area (TPSA) is 80.8 Å². The molecule has 1 aliphatic rings. The van der Waals surface area contributed by atoms with E-state index in [1.54, 1.807) is 25.4 Å². The first-order valence-corrected chi connectivity index (χ1v) is 8.75. The van der Waals surface area contributed by atoms with Crippen LogP contribution in [-0.2, 0) is 16.1 Å². The van der Waals surface area contributed by atoms with E-state index in [1.807, 2.05) is 38.1 Å². The average molecular weight is 369 g/mol. The Hall–Kier alpha value is -3.09. The molecule has 1 aliphatic heterocycles. The van der Waals surface area contributed by atoms with Crippen molar-refractivity contribution in [2.24, 2.45) is 0 Å². The minimum atomic E-state index is -1.66. The van der Waals surface area contributed by atoms with Crippen molar-refractivity contribution in [3.8, 4) is 11.5 Å². The fourth-order valence-electron chi connectivity index (χ4n) is 2.95. The lowest BCUT2D eigenvalue weighted by atomic mass is 9.99. The maximum atomic E-state index is 13.1. The molecule has 2 heterocycles. The Bertz CT molecular complexity index is 851. The molecule has 2 aromatic rings. The van der Waals surface area contributed by atoms with Gasteiger partial charge < -0.3 is 14.8 Å². The maximum Gasteiger partial charge on any atom is 0.282 e. The number of hydrogen-bond donors (Lipinski definition) is 1. The Balaban J connectivity index is 1.81. The predicted molar refractivity (Wildman–Crippen MR) is 101 cm³/mol. The number of fused-ring (bicyclic) bond motifs is 1. The van der Waals surface area contributed by atoms with Gasteiger partial charge in [-0.25, -0.2) is 4.98 Å². The number of amides is 2. The third-order valence-corrected chi connectivity index (χ3v) is 4.48. The van der Waals surface area contributed by atoms with Gasteiger partial charge in [0.15, 0.2) is 11.6 Å². The van der Waals surface area contributed by atoms with Gasteiger partial charge in [0.2, 0.25) is 0 Å². The molecule has 0 saturated heterocycles. The predicted octanol–water partition coefficient (Wildman–Crippen LogP) is 2.30. The summed E-state index contributed by atoms with van der Waals surface area (Å²) < 4.78 is 10.9. The Labute approximate surface area is 158 Å². The van der Waals surface area contributed by atoms with Crippen LogP contribution in [0.4, 0.5) is 5.82 Å². The van der Waals surface area contributed by atoms with Gasteiger partial charge in [0, 0.05) is 18.8 Å². The highest BCUT2D eigenvalue weighted by atomic mass is 16.5. The quantitative estimate of drug-likeness (QED) is 0.818. The molecule has 0 fully saturated rings. The van der Waals surface area contributed by atoms with E-state index in [4.69, 9.17) is 9.47 Å². The standard InChI is InChI=1S/C20H23N3O4/c1-13(2)23-17-16(6-5-11-21-17)27-20(3,19(23)25)18(24)22-12-14-7-9-15(26-4)10-8-14/h5-11,13H,12H2,1-4H3,(H,22,24)/t20-/m1/s1. The number of carbonyl (C=O) groups excluding carboxylic acids is 2. The third kappa shape index (κ3) is 3.45. The molecule has 0 spiro atoms. The van der Waals surface area contributed by atoms with Crippen molar-refractivity contribution < 1.29 is 19.1 Å². The minimum absolute atomic E-state index is 0.163. The molecule has 27 heavy (non-hydrogen) atoms. The van der Waals surface area contributed by atoms with Crippen LogP contribution in [0.5, 0.6) is 11.5 Å². The number of nitrogens with one attached hydrogen (secondary N) is 1. The van der Waals surface area contributed by atoms with Gasteiger partial charge in [-0.1, -0.05) is 12.1 Å². The van der Waals surface area contributed by atoms with Gasteiger partial charge in [0.25, 0.3) is 17.4 Å². The van der Waals surface area contributed by atoms with Crippen LogP contribution in [0.15, 0.2) is 42.6 Å². The second kappa shape index (κ2) is 7.26. The first kappa shape index (κ1) is 18.7. The molecule has 142 valence electrons. The summed E-state index contributed by atoms with van der Waals surface area (Å²) in [5, 5.41) is 2.79. The molecular formula is C20H23N3O4. The van der Waals surface area contributed by atoms with Crippen LogP contribution in [0, 0.1) is 0 Å². The second-order valence-corrected chi connectivity index (χ2v) is 6.76. The number of hydrogen-bond acceptors (Lipinski definition) is 5. The summed E-state index contributed by atoms with van der Waals surface area (Å²) in [4.78, 5) is 31.7. The fourth-order valence-corrected chi connectivity index (χ4v) is 2.95. The Morgan fingerprint density at radius 1 is 1.30 bits per heavy atom. The summed E-state index contributed by atoms with van der Waals surface area (Å²) >= 11 is 0. The normalized spacial score (nSPS) is 18.7. The van der Waals surface area contributed by atoms with Gasteiger partial charge in [-0.2, -0.15) is 0 Å². The number of carbonyl (C=O) groups is 2. The number of nitrogens with zero attached hydrogens (tertiary/aromatic N) is 2. The Morgan fingerprint density at radius 2 is 2.00 bits per heavy atom. The van der Waals surface area contributed by atoms with Crippen LogP contribution in [0.3, 0.4) is 0 Å². The Kier molecular flexibility index (Phi) is 5.03. The van der Waals surface area contributed by atoms with E-state index >= 15 is 0 Å². The minimum Gasteiger partial charge on any atom is -0.497 e. The van der Waals surface area contributed by atoms with Gasteiger partial charge in [-0.3, -0.25) is 14.5 Å². The zero-order valence-corrected chi connectivity index (χ0v) is 15.9. The maximum absolute atomic E-state index is 13.1. The summed E-state index contributed by atoms with van der Waals surface area (Å²) in [6, 6.07) is 10.6. The molecule has 0 bridgehead atoms. The molecule has 0 radical (unpaired) electrons. The number of anilines is 1. The second-order valence-electron chi connectivity index (χ2n) is 6.76. The highest BCUT2D eigenvalue weighted by Crippen LogP contribution is 2.37. The molecule has 1 N–H and O–H groups in total. The van der Waals surface area contributed by atoms with Crippen molar-refractivity contribution in [3.05, 3.63) is 48.2 Å². The lowest BCUT2D eigenvalue weighted by Crippen LogP contribution is -2.63.